The molecule has 0 radical (unpaired) electrons. The Hall–Kier alpha value is -1.80. The minimum absolute atomic E-state index is 0.00978. The summed E-state index contributed by atoms with van der Waals surface area (Å²) >= 11 is 0. The smallest absolute Gasteiger partial charge is 0.268 e. The molecule has 2 N–H and O–H groups in total. The van der Waals surface area contributed by atoms with Crippen molar-refractivity contribution in [3.8, 4) is 0 Å². The van der Waals surface area contributed by atoms with Crippen LogP contribution in [0, 0.1) is 0 Å². The van der Waals surface area contributed by atoms with Gasteiger partial charge in [0, 0.05) is 6.42 Å². The molecule has 8 nitrogen and oxygen atoms in total. The molecule has 0 heterocycles. The van der Waals surface area contributed by atoms with E-state index in [1.165, 1.54) is 225 Å². The van der Waals surface area contributed by atoms with Crippen molar-refractivity contribution in [2.24, 2.45) is 0 Å². The van der Waals surface area contributed by atoms with Crippen LogP contribution in [0.3, 0.4) is 0 Å². The first kappa shape index (κ1) is 73.2. The standard InChI is InChI=1S/C66H125N2O6P/c1-6-8-10-12-14-16-18-20-22-23-24-25-26-27-28-29-30-31-32-33-34-35-36-37-38-39-40-41-42-43-44-45-46-48-50-52-54-56-58-60-66(70)67-64(63-74-75(71,72)73-62-61-68(3,4)5)65(69)59-57-55-53-51-49-47-21-19-17-15-13-11-9-7-2/h17,19,30-31,33-34,49,51,57,59,64-65,69H,6-16,18,20-29,32,35-48,50,52-56,58,60-63H2,1-5H3,(H-,67,70,71,72)/b19-17+,31-30-,34-33-,51-49+,59-57+. The number of carbonyl (C=O) groups is 1. The van der Waals surface area contributed by atoms with Crippen molar-refractivity contribution in [1.29, 1.82) is 0 Å². The van der Waals surface area contributed by atoms with Crippen molar-refractivity contribution in [2.75, 3.05) is 40.9 Å². The molecule has 0 fully saturated rings. The number of nitrogens with one attached hydrogen (secondary N) is 1. The first-order valence-electron chi connectivity index (χ1n) is 32.2. The third kappa shape index (κ3) is 59.7. The van der Waals surface area contributed by atoms with Gasteiger partial charge in [-0.15, -0.1) is 0 Å². The minimum atomic E-state index is -4.61. The highest BCUT2D eigenvalue weighted by atomic mass is 31.2. The Labute approximate surface area is 466 Å². The highest BCUT2D eigenvalue weighted by molar-refractivity contribution is 7.45. The lowest BCUT2D eigenvalue weighted by Gasteiger charge is -2.29. The molecule has 0 bridgehead atoms. The predicted molar refractivity (Wildman–Crippen MR) is 325 cm³/mol. The third-order valence-electron chi connectivity index (χ3n) is 14.4. The van der Waals surface area contributed by atoms with Gasteiger partial charge in [-0.1, -0.05) is 280 Å². The topological polar surface area (TPSA) is 108 Å². The SMILES string of the molecule is CCCCCC/C=C/CC/C=C/CC/C=C/C(O)C(COP(=O)([O-])OCC[N+](C)(C)C)NC(=O)CCCCCCCCCCCCCCCCCCC/C=C\C/C=C\CCCCCCCCCCCCCCCCC. The zero-order chi connectivity index (χ0) is 54.9. The number of nitrogens with zero attached hydrogens (tertiary/aromatic N) is 1. The van der Waals surface area contributed by atoms with E-state index < -0.39 is 26.6 Å². The van der Waals surface area contributed by atoms with E-state index in [2.05, 4.69) is 67.8 Å². The summed E-state index contributed by atoms with van der Waals surface area (Å²) in [4.78, 5) is 25.5. The summed E-state index contributed by atoms with van der Waals surface area (Å²) in [5.41, 5.74) is 0. The molecule has 440 valence electrons. The lowest BCUT2D eigenvalue weighted by molar-refractivity contribution is -0.870. The largest absolute Gasteiger partial charge is 0.756 e. The molecule has 3 atom stereocenters. The van der Waals surface area contributed by atoms with Gasteiger partial charge in [0.1, 0.15) is 13.2 Å². The van der Waals surface area contributed by atoms with E-state index in [0.29, 0.717) is 17.4 Å². The number of likely N-dealkylation sites (N-methyl/N-ethyl adjacent to an activating group) is 1. The number of amides is 1. The van der Waals surface area contributed by atoms with Gasteiger partial charge in [-0.2, -0.15) is 0 Å². The Morgan fingerprint density at radius 1 is 0.467 bits per heavy atom. The van der Waals surface area contributed by atoms with E-state index >= 15 is 0 Å². The molecule has 0 aliphatic heterocycles. The number of aliphatic hydroxyl groups is 1. The maximum Gasteiger partial charge on any atom is 0.268 e. The summed E-state index contributed by atoms with van der Waals surface area (Å²) in [7, 11) is 1.24. The van der Waals surface area contributed by atoms with E-state index in [9.17, 15) is 19.4 Å². The van der Waals surface area contributed by atoms with Gasteiger partial charge in [0.2, 0.25) is 5.91 Å². The Morgan fingerprint density at radius 2 is 0.787 bits per heavy atom. The van der Waals surface area contributed by atoms with Crippen LogP contribution in [0.2, 0.25) is 0 Å². The fraction of sp³-hybridized carbons (Fsp3) is 0.833. The van der Waals surface area contributed by atoms with Crippen LogP contribution in [0.4, 0.5) is 0 Å². The zero-order valence-electron chi connectivity index (χ0n) is 50.3. The summed E-state index contributed by atoms with van der Waals surface area (Å²) in [5.74, 6) is -0.210. The van der Waals surface area contributed by atoms with Gasteiger partial charge >= 0.3 is 0 Å². The van der Waals surface area contributed by atoms with E-state index in [1.54, 1.807) is 6.08 Å². The van der Waals surface area contributed by atoms with E-state index in [-0.39, 0.29) is 12.5 Å². The lowest BCUT2D eigenvalue weighted by atomic mass is 10.0. The fourth-order valence-electron chi connectivity index (χ4n) is 9.39. The second-order valence-electron chi connectivity index (χ2n) is 23.1. The first-order chi connectivity index (χ1) is 36.5. The van der Waals surface area contributed by atoms with Crippen LogP contribution in [-0.2, 0) is 18.4 Å². The van der Waals surface area contributed by atoms with Crippen LogP contribution < -0.4 is 10.2 Å². The van der Waals surface area contributed by atoms with Crippen LogP contribution in [0.25, 0.3) is 0 Å². The van der Waals surface area contributed by atoms with Crippen molar-refractivity contribution in [2.45, 2.75) is 315 Å². The maximum absolute atomic E-state index is 13.0. The van der Waals surface area contributed by atoms with Crippen molar-refractivity contribution in [3.63, 3.8) is 0 Å². The molecule has 75 heavy (non-hydrogen) atoms. The maximum atomic E-state index is 13.0. The van der Waals surface area contributed by atoms with Crippen molar-refractivity contribution in [3.05, 3.63) is 60.8 Å². The first-order valence-corrected chi connectivity index (χ1v) is 33.6. The average Bonchev–Trinajstić information content (AvgIpc) is 3.37. The number of hydrogen-bond acceptors (Lipinski definition) is 6. The summed E-state index contributed by atoms with van der Waals surface area (Å²) in [6.07, 6.45) is 77.8. The monoisotopic (exact) mass is 1070 g/mol. The van der Waals surface area contributed by atoms with E-state index in [1.807, 2.05) is 27.2 Å². The zero-order valence-corrected chi connectivity index (χ0v) is 51.1. The molecule has 0 aromatic heterocycles. The van der Waals surface area contributed by atoms with E-state index in [4.69, 9.17) is 9.05 Å². The van der Waals surface area contributed by atoms with Crippen LogP contribution >= 0.6 is 7.82 Å². The number of allylic oxidation sites excluding steroid dienone is 9. The minimum Gasteiger partial charge on any atom is -0.756 e. The van der Waals surface area contributed by atoms with Gasteiger partial charge in [-0.25, -0.2) is 0 Å². The number of aliphatic hydroxyl groups excluding tert-OH is 1. The molecule has 0 aromatic carbocycles. The van der Waals surface area contributed by atoms with Gasteiger partial charge in [-0.05, 0) is 77.0 Å². The second-order valence-corrected chi connectivity index (χ2v) is 24.5. The molecule has 0 aromatic rings. The summed E-state index contributed by atoms with van der Waals surface area (Å²) < 4.78 is 23.3. The summed E-state index contributed by atoms with van der Waals surface area (Å²) in [6, 6.07) is -0.911. The second kappa shape index (κ2) is 56.9. The molecular formula is C66H125N2O6P. The van der Waals surface area contributed by atoms with Gasteiger partial charge < -0.3 is 28.8 Å². The quantitative estimate of drug-likeness (QED) is 0.0272. The fourth-order valence-corrected chi connectivity index (χ4v) is 10.1. The number of hydrogen-bond donors (Lipinski definition) is 2. The van der Waals surface area contributed by atoms with Gasteiger partial charge in [0.25, 0.3) is 7.82 Å². The molecular weight excluding hydrogens is 948 g/mol. The number of phosphoric acid groups is 1. The highest BCUT2D eigenvalue weighted by Crippen LogP contribution is 2.38. The Balaban J connectivity index is 3.94. The molecule has 1 amide bonds. The highest BCUT2D eigenvalue weighted by Gasteiger charge is 2.23. The molecule has 0 saturated carbocycles. The van der Waals surface area contributed by atoms with Crippen LogP contribution in [0.1, 0.15) is 303 Å². The summed E-state index contributed by atoms with van der Waals surface area (Å²) in [6.45, 7) is 4.62. The van der Waals surface area contributed by atoms with Gasteiger partial charge in [-0.3, -0.25) is 9.36 Å². The molecule has 0 aliphatic carbocycles. The van der Waals surface area contributed by atoms with Crippen LogP contribution in [-0.4, -0.2) is 68.5 Å². The average molecular weight is 1070 g/mol. The third-order valence-corrected chi connectivity index (χ3v) is 15.4. The Bertz CT molecular complexity index is 1400. The molecule has 0 rings (SSSR count). The molecule has 0 saturated heterocycles. The van der Waals surface area contributed by atoms with E-state index in [0.717, 1.165) is 57.8 Å². The van der Waals surface area contributed by atoms with Crippen molar-refractivity contribution >= 4 is 13.7 Å². The van der Waals surface area contributed by atoms with Gasteiger partial charge in [0.15, 0.2) is 0 Å². The van der Waals surface area contributed by atoms with Crippen molar-refractivity contribution in [1.82, 2.24) is 5.32 Å². The molecule has 0 spiro atoms. The van der Waals surface area contributed by atoms with Crippen LogP contribution in [0.5, 0.6) is 0 Å². The Morgan fingerprint density at radius 3 is 1.17 bits per heavy atom. The summed E-state index contributed by atoms with van der Waals surface area (Å²) in [5, 5.41) is 13.8. The molecule has 0 aliphatic rings. The molecule has 9 heteroatoms. The number of quaternary nitrogens is 1. The number of carbonyl (C=O) groups excluding carboxylic acids is 1. The van der Waals surface area contributed by atoms with Crippen molar-refractivity contribution < 1.29 is 32.9 Å². The number of phosphoric ester groups is 1. The molecule has 3 unspecified atom stereocenters. The predicted octanol–water partition coefficient (Wildman–Crippen LogP) is 19.4. The number of unbranched alkanes of at least 4 members (excludes halogenated alkanes) is 38. The Kier molecular flexibility index (Phi) is 55.5. The van der Waals surface area contributed by atoms with Crippen LogP contribution in [0.15, 0.2) is 60.8 Å². The lowest BCUT2D eigenvalue weighted by Crippen LogP contribution is -2.45. The van der Waals surface area contributed by atoms with Gasteiger partial charge in [0.05, 0.1) is 39.9 Å². The number of rotatable bonds is 59. The normalized spacial score (nSPS) is 14.2.